The highest BCUT2D eigenvalue weighted by molar-refractivity contribution is 6.36. The minimum Gasteiger partial charge on any atom is -0.507 e. The third-order valence-corrected chi connectivity index (χ3v) is 4.36. The number of halogens is 2. The van der Waals surface area contributed by atoms with E-state index in [2.05, 4.69) is 9.97 Å². The van der Waals surface area contributed by atoms with Crippen molar-refractivity contribution in [1.82, 2.24) is 9.97 Å². The molecule has 0 fully saturated rings. The molecule has 6 nitrogen and oxygen atoms in total. The number of allylic oxidation sites excluding steroid dienone is 1. The maximum absolute atomic E-state index is 12.3. The molecule has 0 aliphatic carbocycles. The SMILES string of the molecule is C[C@@H](OC(=O)c1ccc(Cl)cc1Cl)/C(O)=C(\C#N)c1nc2ccccc2[nH]1. The quantitative estimate of drug-likeness (QED) is 0.367. The highest BCUT2D eigenvalue weighted by Gasteiger charge is 2.23. The van der Waals surface area contributed by atoms with Gasteiger partial charge >= 0.3 is 5.97 Å². The Balaban J connectivity index is 1.88. The van der Waals surface area contributed by atoms with E-state index in [-0.39, 0.29) is 22.0 Å². The molecule has 0 saturated carbocycles. The number of carbonyl (C=O) groups excluding carboxylic acids is 1. The van der Waals surface area contributed by atoms with Crippen LogP contribution in [0.3, 0.4) is 0 Å². The summed E-state index contributed by atoms with van der Waals surface area (Å²) in [7, 11) is 0. The minimum atomic E-state index is -1.09. The number of rotatable bonds is 4. The first kappa shape index (κ1) is 18.8. The Morgan fingerprint density at radius 2 is 2.04 bits per heavy atom. The first-order chi connectivity index (χ1) is 12.9. The van der Waals surface area contributed by atoms with Crippen LogP contribution in [0.25, 0.3) is 16.6 Å². The molecule has 27 heavy (non-hydrogen) atoms. The lowest BCUT2D eigenvalue weighted by molar-refractivity contribution is 0.0334. The van der Waals surface area contributed by atoms with Crippen molar-refractivity contribution in [3.05, 3.63) is 69.7 Å². The standard InChI is InChI=1S/C19H13Cl2N3O3/c1-10(27-19(26)12-7-6-11(20)8-14(12)21)17(25)13(9-22)18-23-15-4-2-3-5-16(15)24-18/h2-8,10,25H,1H3,(H,23,24)/b17-13-/t10-/m1/s1. The summed E-state index contributed by atoms with van der Waals surface area (Å²) in [6.07, 6.45) is -1.09. The number of H-pyrrole nitrogens is 1. The molecule has 0 saturated heterocycles. The fraction of sp³-hybridized carbons (Fsp3) is 0.105. The highest BCUT2D eigenvalue weighted by Crippen LogP contribution is 2.24. The summed E-state index contributed by atoms with van der Waals surface area (Å²) < 4.78 is 5.23. The molecule has 8 heteroatoms. The van der Waals surface area contributed by atoms with Crippen LogP contribution in [0, 0.1) is 11.3 Å². The zero-order valence-electron chi connectivity index (χ0n) is 14.0. The van der Waals surface area contributed by atoms with Crippen LogP contribution in [0.15, 0.2) is 48.2 Å². The average Bonchev–Trinajstić information content (AvgIpc) is 3.05. The van der Waals surface area contributed by atoms with Crippen molar-refractivity contribution in [1.29, 1.82) is 5.26 Å². The van der Waals surface area contributed by atoms with Gasteiger partial charge in [0.25, 0.3) is 0 Å². The first-order valence-electron chi connectivity index (χ1n) is 7.85. The minimum absolute atomic E-state index is 0.1000. The van der Waals surface area contributed by atoms with Crippen LogP contribution < -0.4 is 0 Å². The summed E-state index contributed by atoms with van der Waals surface area (Å²) in [6.45, 7) is 1.44. The summed E-state index contributed by atoms with van der Waals surface area (Å²) in [4.78, 5) is 19.5. The number of aliphatic hydroxyl groups excluding tert-OH is 1. The van der Waals surface area contributed by atoms with Crippen LogP contribution in [-0.2, 0) is 4.74 Å². The molecule has 0 unspecified atom stereocenters. The van der Waals surface area contributed by atoms with Crippen molar-refractivity contribution >= 4 is 45.8 Å². The molecule has 0 amide bonds. The second kappa shape index (κ2) is 7.70. The summed E-state index contributed by atoms with van der Waals surface area (Å²) in [6, 6.07) is 13.4. The second-order valence-electron chi connectivity index (χ2n) is 5.65. The van der Waals surface area contributed by atoms with E-state index in [1.54, 1.807) is 12.1 Å². The number of hydrogen-bond donors (Lipinski definition) is 2. The molecule has 1 heterocycles. The van der Waals surface area contributed by atoms with Crippen LogP contribution in [0.4, 0.5) is 0 Å². The lowest BCUT2D eigenvalue weighted by Gasteiger charge is -2.14. The number of nitrogens with one attached hydrogen (secondary N) is 1. The van der Waals surface area contributed by atoms with Crippen LogP contribution in [0.5, 0.6) is 0 Å². The van der Waals surface area contributed by atoms with Crippen LogP contribution in [0.1, 0.15) is 23.1 Å². The van der Waals surface area contributed by atoms with Gasteiger partial charge in [0, 0.05) is 5.02 Å². The highest BCUT2D eigenvalue weighted by atomic mass is 35.5. The van der Waals surface area contributed by atoms with Gasteiger partial charge in [-0.05, 0) is 37.3 Å². The maximum Gasteiger partial charge on any atom is 0.340 e. The molecule has 1 atom stereocenters. The Labute approximate surface area is 164 Å². The van der Waals surface area contributed by atoms with Gasteiger partial charge in [0.05, 0.1) is 21.6 Å². The molecular weight excluding hydrogens is 389 g/mol. The van der Waals surface area contributed by atoms with Crippen molar-refractivity contribution < 1.29 is 14.6 Å². The number of carbonyl (C=O) groups is 1. The van der Waals surface area contributed by atoms with Crippen molar-refractivity contribution in [3.63, 3.8) is 0 Å². The number of nitriles is 1. The van der Waals surface area contributed by atoms with Crippen LogP contribution >= 0.6 is 23.2 Å². The Morgan fingerprint density at radius 3 is 2.70 bits per heavy atom. The van der Waals surface area contributed by atoms with E-state index in [0.29, 0.717) is 16.1 Å². The molecule has 0 aliphatic heterocycles. The largest absolute Gasteiger partial charge is 0.507 e. The topological polar surface area (TPSA) is 99.0 Å². The van der Waals surface area contributed by atoms with Gasteiger partial charge in [0.1, 0.15) is 11.6 Å². The number of aliphatic hydroxyl groups is 1. The molecule has 3 aromatic rings. The molecule has 2 N–H and O–H groups in total. The van der Waals surface area contributed by atoms with E-state index in [9.17, 15) is 15.2 Å². The molecule has 0 bridgehead atoms. The lowest BCUT2D eigenvalue weighted by atomic mass is 10.1. The number of hydrogen-bond acceptors (Lipinski definition) is 5. The van der Waals surface area contributed by atoms with Crippen molar-refractivity contribution in [3.8, 4) is 6.07 Å². The number of aromatic nitrogens is 2. The van der Waals surface area contributed by atoms with E-state index < -0.39 is 17.8 Å². The predicted molar refractivity (Wildman–Crippen MR) is 103 cm³/mol. The van der Waals surface area contributed by atoms with Gasteiger partial charge in [-0.3, -0.25) is 0 Å². The number of esters is 1. The molecule has 0 spiro atoms. The normalized spacial score (nSPS) is 13.0. The van der Waals surface area contributed by atoms with Crippen molar-refractivity contribution in [2.45, 2.75) is 13.0 Å². The zero-order valence-corrected chi connectivity index (χ0v) is 15.5. The van der Waals surface area contributed by atoms with Gasteiger partial charge in [-0.1, -0.05) is 35.3 Å². The first-order valence-corrected chi connectivity index (χ1v) is 8.60. The molecule has 3 rings (SSSR count). The van der Waals surface area contributed by atoms with Gasteiger partial charge < -0.3 is 14.8 Å². The smallest absolute Gasteiger partial charge is 0.340 e. The summed E-state index contributed by atoms with van der Waals surface area (Å²) in [5.41, 5.74) is 1.34. The molecule has 1 aromatic heterocycles. The third-order valence-electron chi connectivity index (χ3n) is 3.81. The molecular formula is C19H13Cl2N3O3. The zero-order chi connectivity index (χ0) is 19.6. The van der Waals surface area contributed by atoms with E-state index >= 15 is 0 Å². The Morgan fingerprint density at radius 1 is 1.30 bits per heavy atom. The van der Waals surface area contributed by atoms with E-state index in [0.717, 1.165) is 0 Å². The maximum atomic E-state index is 12.3. The molecule has 2 aromatic carbocycles. The third kappa shape index (κ3) is 3.90. The summed E-state index contributed by atoms with van der Waals surface area (Å²) >= 11 is 11.8. The lowest BCUT2D eigenvalue weighted by Crippen LogP contribution is -2.18. The van der Waals surface area contributed by atoms with Crippen molar-refractivity contribution in [2.24, 2.45) is 0 Å². The summed E-state index contributed by atoms with van der Waals surface area (Å²) in [5.74, 6) is -0.990. The fourth-order valence-electron chi connectivity index (χ4n) is 2.44. The molecule has 0 aliphatic rings. The number of fused-ring (bicyclic) bond motifs is 1. The number of nitrogens with zero attached hydrogens (tertiary/aromatic N) is 2. The number of benzene rings is 2. The van der Waals surface area contributed by atoms with Crippen LogP contribution in [-0.4, -0.2) is 27.1 Å². The van der Waals surface area contributed by atoms with Gasteiger partial charge in [0.15, 0.2) is 17.7 Å². The number of para-hydroxylation sites is 2. The van der Waals surface area contributed by atoms with E-state index in [1.807, 2.05) is 18.2 Å². The molecule has 0 radical (unpaired) electrons. The summed E-state index contributed by atoms with van der Waals surface area (Å²) in [5, 5.41) is 20.4. The van der Waals surface area contributed by atoms with Gasteiger partial charge in [-0.15, -0.1) is 0 Å². The Hall–Kier alpha value is -3.01. The number of ether oxygens (including phenoxy) is 1. The molecule has 136 valence electrons. The van der Waals surface area contributed by atoms with Gasteiger partial charge in [-0.25, -0.2) is 9.78 Å². The van der Waals surface area contributed by atoms with E-state index in [4.69, 9.17) is 27.9 Å². The fourth-order valence-corrected chi connectivity index (χ4v) is 2.93. The Kier molecular flexibility index (Phi) is 5.36. The average molecular weight is 402 g/mol. The number of aromatic amines is 1. The van der Waals surface area contributed by atoms with E-state index in [1.165, 1.54) is 25.1 Å². The number of imidazole rings is 1. The van der Waals surface area contributed by atoms with Gasteiger partial charge in [-0.2, -0.15) is 5.26 Å². The van der Waals surface area contributed by atoms with Crippen LogP contribution in [0.2, 0.25) is 10.0 Å². The predicted octanol–water partition coefficient (Wildman–Crippen LogP) is 4.91. The van der Waals surface area contributed by atoms with Gasteiger partial charge in [0.2, 0.25) is 0 Å². The Bertz CT molecular complexity index is 1070. The monoisotopic (exact) mass is 401 g/mol. The second-order valence-corrected chi connectivity index (χ2v) is 6.49. The van der Waals surface area contributed by atoms with Crippen molar-refractivity contribution in [2.75, 3.05) is 0 Å².